The highest BCUT2D eigenvalue weighted by molar-refractivity contribution is 6.39. The molecule has 10 heteroatoms. The molecular weight excluding hydrogens is 550 g/mol. The molecule has 0 saturated carbocycles. The Kier molecular flexibility index (Phi) is 10.9. The predicted molar refractivity (Wildman–Crippen MR) is 161 cm³/mol. The Morgan fingerprint density at radius 1 is 0.925 bits per heavy atom. The molecule has 0 spiro atoms. The minimum absolute atomic E-state index is 0.240. The van der Waals surface area contributed by atoms with Gasteiger partial charge in [0.2, 0.25) is 0 Å². The number of carbonyl (C=O) groups is 1. The Morgan fingerprint density at radius 2 is 1.50 bits per heavy atom. The fraction of sp³-hybridized carbons (Fsp3) is 0.367. The third-order valence-electron chi connectivity index (χ3n) is 6.86. The number of likely N-dealkylation sites (tertiary alicyclic amines) is 1. The number of hydrogen-bond acceptors (Lipinski definition) is 6. The van der Waals surface area contributed by atoms with Gasteiger partial charge in [0, 0.05) is 41.4 Å². The van der Waals surface area contributed by atoms with Gasteiger partial charge in [0.05, 0.1) is 13.2 Å². The first kappa shape index (κ1) is 29.9. The molecule has 0 aromatic heterocycles. The lowest BCUT2D eigenvalue weighted by molar-refractivity contribution is 0.0964. The van der Waals surface area contributed by atoms with Gasteiger partial charge in [-0.05, 0) is 81.1 Å². The number of nitrogens with zero attached hydrogens (tertiary/aromatic N) is 2. The topological polar surface area (TPSA) is 60.5 Å². The molecular formula is C30H35BCl2N2O5. The van der Waals surface area contributed by atoms with Crippen LogP contribution >= 0.6 is 23.2 Å². The number of para-hydroxylation sites is 1. The van der Waals surface area contributed by atoms with Crippen molar-refractivity contribution in [2.45, 2.75) is 39.7 Å². The number of carbonyl (C=O) groups excluding carboxylic acids is 1. The molecule has 1 amide bonds. The lowest BCUT2D eigenvalue weighted by atomic mass is 10.0. The summed E-state index contributed by atoms with van der Waals surface area (Å²) in [7, 11) is -1.03. The molecule has 0 radical (unpaired) electrons. The van der Waals surface area contributed by atoms with Gasteiger partial charge in [-0.25, -0.2) is 4.79 Å². The predicted octanol–water partition coefficient (Wildman–Crippen LogP) is 7.20. The van der Waals surface area contributed by atoms with E-state index >= 15 is 0 Å². The zero-order valence-corrected chi connectivity index (χ0v) is 24.7. The van der Waals surface area contributed by atoms with Crippen molar-refractivity contribution in [3.05, 3.63) is 87.9 Å². The van der Waals surface area contributed by atoms with Crippen molar-refractivity contribution in [1.29, 1.82) is 0 Å². The summed E-state index contributed by atoms with van der Waals surface area (Å²) in [6.45, 7) is 8.28. The lowest BCUT2D eigenvalue weighted by Gasteiger charge is -2.39. The minimum Gasteiger partial charge on any atom is -0.501 e. The number of hydrogen-bond donors (Lipinski definition) is 0. The second kappa shape index (κ2) is 14.5. The fourth-order valence-electron chi connectivity index (χ4n) is 4.57. The molecule has 0 bridgehead atoms. The zero-order valence-electron chi connectivity index (χ0n) is 23.1. The molecule has 0 N–H and O–H groups in total. The Bertz CT molecular complexity index is 1200. The number of amides is 1. The quantitative estimate of drug-likeness (QED) is 0.222. The van der Waals surface area contributed by atoms with E-state index in [1.807, 2.05) is 63.2 Å². The highest BCUT2D eigenvalue weighted by atomic mass is 35.5. The van der Waals surface area contributed by atoms with Gasteiger partial charge in [-0.1, -0.05) is 53.5 Å². The average Bonchev–Trinajstić information content (AvgIpc) is 2.96. The van der Waals surface area contributed by atoms with E-state index in [1.165, 1.54) is 0 Å². The van der Waals surface area contributed by atoms with Gasteiger partial charge in [0.25, 0.3) is 0 Å². The van der Waals surface area contributed by atoms with Crippen molar-refractivity contribution in [2.75, 3.05) is 37.7 Å². The van der Waals surface area contributed by atoms with Crippen LogP contribution in [0.1, 0.15) is 30.9 Å². The first-order chi connectivity index (χ1) is 19.3. The van der Waals surface area contributed by atoms with Gasteiger partial charge in [-0.15, -0.1) is 0 Å². The van der Waals surface area contributed by atoms with Crippen LogP contribution in [0.15, 0.2) is 66.7 Å². The van der Waals surface area contributed by atoms with Crippen LogP contribution in [-0.4, -0.2) is 57.2 Å². The molecule has 1 aliphatic heterocycles. The average molecular weight is 585 g/mol. The summed E-state index contributed by atoms with van der Waals surface area (Å²) in [5.41, 5.74) is 2.99. The molecule has 40 heavy (non-hydrogen) atoms. The Balaban J connectivity index is 1.45. The van der Waals surface area contributed by atoms with E-state index < -0.39 is 7.32 Å². The molecule has 1 heterocycles. The highest BCUT2D eigenvalue weighted by Crippen LogP contribution is 2.26. The molecule has 3 aromatic rings. The maximum atomic E-state index is 12.2. The number of rotatable bonds is 11. The fourth-order valence-corrected chi connectivity index (χ4v) is 4.91. The van der Waals surface area contributed by atoms with Crippen molar-refractivity contribution >= 4 is 42.3 Å². The lowest BCUT2D eigenvalue weighted by Crippen LogP contribution is -2.48. The SMILES string of the molecule is CCOC(=O)N1CCC(N(CCOB(Oc2ccc(C)c(Cl)c2)Oc2ccc(C)c(Cl)c2)c2ccccc2)CC1. The third-order valence-corrected chi connectivity index (χ3v) is 7.67. The summed E-state index contributed by atoms with van der Waals surface area (Å²) >= 11 is 12.6. The van der Waals surface area contributed by atoms with Crippen LogP contribution in [0.2, 0.25) is 10.0 Å². The van der Waals surface area contributed by atoms with Crippen LogP contribution in [0.4, 0.5) is 10.5 Å². The third kappa shape index (κ3) is 8.23. The molecule has 0 aliphatic carbocycles. The minimum atomic E-state index is -1.03. The Hall–Kier alpha value is -3.07. The number of anilines is 1. The maximum Gasteiger partial charge on any atom is 0.788 e. The molecule has 1 fully saturated rings. The Morgan fingerprint density at radius 3 is 2.02 bits per heavy atom. The Labute approximate surface area is 247 Å². The monoisotopic (exact) mass is 584 g/mol. The molecule has 1 aliphatic rings. The van der Waals surface area contributed by atoms with Crippen LogP contribution in [0, 0.1) is 13.8 Å². The van der Waals surface area contributed by atoms with Gasteiger partial charge in [0.15, 0.2) is 0 Å². The molecule has 1 saturated heterocycles. The van der Waals surface area contributed by atoms with E-state index in [0.29, 0.717) is 54.4 Å². The number of aryl methyl sites for hydroxylation is 2. The van der Waals surface area contributed by atoms with E-state index in [2.05, 4.69) is 17.0 Å². The molecule has 212 valence electrons. The zero-order chi connectivity index (χ0) is 28.5. The number of ether oxygens (including phenoxy) is 1. The summed E-state index contributed by atoms with van der Waals surface area (Å²) in [6, 6.07) is 21.4. The van der Waals surface area contributed by atoms with Crippen LogP contribution in [0.3, 0.4) is 0 Å². The summed E-state index contributed by atoms with van der Waals surface area (Å²) in [6.07, 6.45) is 1.40. The highest BCUT2D eigenvalue weighted by Gasteiger charge is 2.31. The van der Waals surface area contributed by atoms with Crippen LogP contribution in [-0.2, 0) is 9.39 Å². The molecule has 7 nitrogen and oxygen atoms in total. The number of piperidine rings is 1. The van der Waals surface area contributed by atoms with Crippen molar-refractivity contribution in [3.63, 3.8) is 0 Å². The summed E-state index contributed by atoms with van der Waals surface area (Å²) in [5, 5.41) is 1.19. The van der Waals surface area contributed by atoms with E-state index in [9.17, 15) is 4.79 Å². The van der Waals surface area contributed by atoms with Crippen LogP contribution < -0.4 is 14.2 Å². The smallest absolute Gasteiger partial charge is 0.501 e. The summed E-state index contributed by atoms with van der Waals surface area (Å²) < 4.78 is 23.5. The molecule has 3 aromatic carbocycles. The molecule has 0 atom stereocenters. The molecule has 4 rings (SSSR count). The standard InChI is InChI=1S/C30H35BCl2N2O5/c1-4-37-30(36)34-16-14-25(15-17-34)35(24-8-6-5-7-9-24)18-19-38-31(39-26-12-10-22(2)28(32)20-26)40-27-13-11-23(3)29(33)21-27/h5-13,20-21,25H,4,14-19H2,1-3H3. The number of halogens is 2. The summed E-state index contributed by atoms with van der Waals surface area (Å²) in [4.78, 5) is 16.3. The second-order valence-corrected chi connectivity index (χ2v) is 10.5. The maximum absolute atomic E-state index is 12.2. The van der Waals surface area contributed by atoms with Crippen molar-refractivity contribution in [1.82, 2.24) is 4.90 Å². The first-order valence-corrected chi connectivity index (χ1v) is 14.3. The summed E-state index contributed by atoms with van der Waals surface area (Å²) in [5.74, 6) is 1.06. The van der Waals surface area contributed by atoms with Gasteiger partial charge in [-0.2, -0.15) is 0 Å². The van der Waals surface area contributed by atoms with Gasteiger partial charge >= 0.3 is 13.4 Å². The van der Waals surface area contributed by atoms with Crippen molar-refractivity contribution in [2.24, 2.45) is 0 Å². The number of benzene rings is 3. The van der Waals surface area contributed by atoms with E-state index in [4.69, 9.17) is 41.9 Å². The van der Waals surface area contributed by atoms with Crippen LogP contribution in [0.25, 0.3) is 0 Å². The largest absolute Gasteiger partial charge is 0.788 e. The van der Waals surface area contributed by atoms with Crippen molar-refractivity contribution < 1.29 is 23.5 Å². The van der Waals surface area contributed by atoms with E-state index in [0.717, 1.165) is 29.7 Å². The molecule has 0 unspecified atom stereocenters. The van der Waals surface area contributed by atoms with E-state index in [1.54, 1.807) is 17.0 Å². The van der Waals surface area contributed by atoms with Gasteiger partial charge < -0.3 is 28.5 Å². The van der Waals surface area contributed by atoms with Gasteiger partial charge in [-0.3, -0.25) is 0 Å². The first-order valence-electron chi connectivity index (χ1n) is 13.5. The van der Waals surface area contributed by atoms with Crippen molar-refractivity contribution in [3.8, 4) is 11.5 Å². The van der Waals surface area contributed by atoms with Gasteiger partial charge in [0.1, 0.15) is 11.5 Å². The van der Waals surface area contributed by atoms with Crippen LogP contribution in [0.5, 0.6) is 11.5 Å². The normalized spacial score (nSPS) is 13.6. The second-order valence-electron chi connectivity index (χ2n) is 9.66. The van der Waals surface area contributed by atoms with E-state index in [-0.39, 0.29) is 12.1 Å².